The highest BCUT2D eigenvalue weighted by molar-refractivity contribution is 7.89. The van der Waals surface area contributed by atoms with Crippen molar-refractivity contribution in [2.45, 2.75) is 24.4 Å². The third kappa shape index (κ3) is 3.88. The molecule has 8 nitrogen and oxygen atoms in total. The Labute approximate surface area is 189 Å². The number of aryl methyl sites for hydroxylation is 1. The molecule has 32 heavy (non-hydrogen) atoms. The fraction of sp³-hybridized carbons (Fsp3) is 0.182. The third-order valence-electron chi connectivity index (χ3n) is 5.34. The Hall–Kier alpha value is -3.21. The summed E-state index contributed by atoms with van der Waals surface area (Å²) in [6.07, 6.45) is 0. The number of aromatic hydroxyl groups is 1. The van der Waals surface area contributed by atoms with Gasteiger partial charge < -0.3 is 15.1 Å². The molecule has 2 N–H and O–H groups in total. The second-order valence-corrected chi connectivity index (χ2v) is 10.2. The van der Waals surface area contributed by atoms with Gasteiger partial charge in [0.1, 0.15) is 11.8 Å². The first-order chi connectivity index (χ1) is 15.2. The first-order valence-electron chi connectivity index (χ1n) is 9.67. The Kier molecular flexibility index (Phi) is 5.76. The van der Waals surface area contributed by atoms with Crippen LogP contribution in [0.3, 0.4) is 0 Å². The van der Waals surface area contributed by atoms with Crippen molar-refractivity contribution in [2.24, 2.45) is 0 Å². The van der Waals surface area contributed by atoms with Gasteiger partial charge in [-0.05, 0) is 59.8 Å². The van der Waals surface area contributed by atoms with Crippen molar-refractivity contribution in [1.29, 1.82) is 0 Å². The van der Waals surface area contributed by atoms with E-state index in [2.05, 4.69) is 0 Å². The van der Waals surface area contributed by atoms with E-state index in [-0.39, 0.29) is 29.6 Å². The standard InChI is InChI=1S/C22H20N2O6S2/c1-14-10-11-31-20(14)21(26)23-13-19(22(27)28)24(12-15-4-2-3-5-18(15)23)32(29,30)17-8-6-16(25)7-9-17/h2-11,19,25H,12-13H2,1H3,(H,27,28). The molecule has 0 bridgehead atoms. The maximum absolute atomic E-state index is 13.4. The summed E-state index contributed by atoms with van der Waals surface area (Å²) in [5.41, 5.74) is 1.75. The smallest absolute Gasteiger partial charge is 0.323 e. The molecule has 1 amide bonds. The number of carboxylic acid groups (broad SMARTS) is 1. The molecule has 4 rings (SSSR count). The zero-order valence-electron chi connectivity index (χ0n) is 17.0. The zero-order chi connectivity index (χ0) is 23.0. The van der Waals surface area contributed by atoms with E-state index in [1.807, 2.05) is 0 Å². The highest BCUT2D eigenvalue weighted by Gasteiger charge is 2.42. The van der Waals surface area contributed by atoms with Crippen LogP contribution in [-0.2, 0) is 21.4 Å². The van der Waals surface area contributed by atoms with Crippen LogP contribution in [0, 0.1) is 6.92 Å². The fourth-order valence-corrected chi connectivity index (χ4v) is 6.09. The van der Waals surface area contributed by atoms with Crippen molar-refractivity contribution in [3.05, 3.63) is 76.0 Å². The molecule has 1 aliphatic heterocycles. The number of sulfonamides is 1. The number of fused-ring (bicyclic) bond motifs is 1. The molecule has 2 aromatic carbocycles. The van der Waals surface area contributed by atoms with Crippen LogP contribution in [0.1, 0.15) is 20.8 Å². The molecule has 1 atom stereocenters. The molecule has 1 unspecified atom stereocenters. The lowest BCUT2D eigenvalue weighted by molar-refractivity contribution is -0.141. The molecule has 10 heteroatoms. The minimum absolute atomic E-state index is 0.108. The Balaban J connectivity index is 1.84. The summed E-state index contributed by atoms with van der Waals surface area (Å²) in [4.78, 5) is 27.3. The van der Waals surface area contributed by atoms with E-state index in [1.165, 1.54) is 40.5 Å². The number of amides is 1. The number of rotatable bonds is 4. The molecule has 0 fully saturated rings. The molecule has 0 saturated heterocycles. The number of carbonyl (C=O) groups is 2. The van der Waals surface area contributed by atoms with Crippen LogP contribution in [0.25, 0.3) is 0 Å². The number of phenols is 1. The molecule has 0 aliphatic carbocycles. The van der Waals surface area contributed by atoms with Gasteiger partial charge in [0.15, 0.2) is 0 Å². The van der Waals surface area contributed by atoms with Gasteiger partial charge in [-0.1, -0.05) is 18.2 Å². The normalized spacial score (nSPS) is 16.9. The summed E-state index contributed by atoms with van der Waals surface area (Å²) >= 11 is 1.25. The summed E-state index contributed by atoms with van der Waals surface area (Å²) in [5.74, 6) is -1.84. The van der Waals surface area contributed by atoms with E-state index in [4.69, 9.17) is 0 Å². The van der Waals surface area contributed by atoms with Gasteiger partial charge in [0.2, 0.25) is 10.0 Å². The molecule has 166 valence electrons. The van der Waals surface area contributed by atoms with Crippen LogP contribution >= 0.6 is 11.3 Å². The Bertz CT molecular complexity index is 1280. The van der Waals surface area contributed by atoms with Gasteiger partial charge in [-0.25, -0.2) is 8.42 Å². The number of hydrogen-bond acceptors (Lipinski definition) is 6. The lowest BCUT2D eigenvalue weighted by atomic mass is 10.1. The SMILES string of the molecule is Cc1ccsc1C(=O)N1CC(C(=O)O)N(S(=O)(=O)c2ccc(O)cc2)Cc2ccccc21. The lowest BCUT2D eigenvalue weighted by Crippen LogP contribution is -2.50. The van der Waals surface area contributed by atoms with Crippen molar-refractivity contribution >= 4 is 38.9 Å². The number of para-hydroxylation sites is 1. The van der Waals surface area contributed by atoms with E-state index in [0.717, 1.165) is 9.87 Å². The topological polar surface area (TPSA) is 115 Å². The van der Waals surface area contributed by atoms with Crippen LogP contribution in [-0.4, -0.2) is 47.4 Å². The molecule has 1 aliphatic rings. The van der Waals surface area contributed by atoms with E-state index in [1.54, 1.807) is 42.6 Å². The van der Waals surface area contributed by atoms with Gasteiger partial charge in [-0.2, -0.15) is 4.31 Å². The molecule has 3 aromatic rings. The minimum Gasteiger partial charge on any atom is -0.508 e. The highest BCUT2D eigenvalue weighted by atomic mass is 32.2. The summed E-state index contributed by atoms with van der Waals surface area (Å²) in [6, 6.07) is 12.0. The monoisotopic (exact) mass is 472 g/mol. The predicted molar refractivity (Wildman–Crippen MR) is 119 cm³/mol. The van der Waals surface area contributed by atoms with Crippen molar-refractivity contribution in [3.8, 4) is 5.75 Å². The molecule has 0 saturated carbocycles. The van der Waals surface area contributed by atoms with Crippen molar-refractivity contribution in [3.63, 3.8) is 0 Å². The van der Waals surface area contributed by atoms with E-state index in [9.17, 15) is 28.2 Å². The van der Waals surface area contributed by atoms with E-state index in [0.29, 0.717) is 16.1 Å². The van der Waals surface area contributed by atoms with E-state index < -0.39 is 22.0 Å². The quantitative estimate of drug-likeness (QED) is 0.603. The average Bonchev–Trinajstić information content (AvgIpc) is 3.10. The van der Waals surface area contributed by atoms with Gasteiger partial charge in [0.25, 0.3) is 5.91 Å². The van der Waals surface area contributed by atoms with Crippen LogP contribution in [0.2, 0.25) is 0 Å². The van der Waals surface area contributed by atoms with Crippen molar-refractivity contribution < 1.29 is 28.2 Å². The Morgan fingerprint density at radius 1 is 1.06 bits per heavy atom. The number of hydrogen-bond donors (Lipinski definition) is 2. The molecule has 0 spiro atoms. The number of benzene rings is 2. The largest absolute Gasteiger partial charge is 0.508 e. The van der Waals surface area contributed by atoms with Crippen LogP contribution < -0.4 is 4.90 Å². The van der Waals surface area contributed by atoms with Crippen LogP contribution in [0.15, 0.2) is 64.9 Å². The number of carboxylic acids is 1. The average molecular weight is 473 g/mol. The van der Waals surface area contributed by atoms with Gasteiger partial charge >= 0.3 is 5.97 Å². The number of anilines is 1. The fourth-order valence-electron chi connectivity index (χ4n) is 3.66. The van der Waals surface area contributed by atoms with Gasteiger partial charge in [-0.3, -0.25) is 9.59 Å². The van der Waals surface area contributed by atoms with Crippen molar-refractivity contribution in [1.82, 2.24) is 4.31 Å². The number of thiophene rings is 1. The number of carbonyl (C=O) groups excluding carboxylic acids is 1. The van der Waals surface area contributed by atoms with Crippen LogP contribution in [0.5, 0.6) is 5.75 Å². The first kappa shape index (κ1) is 22.0. The molecule has 0 radical (unpaired) electrons. The summed E-state index contributed by atoms with van der Waals surface area (Å²) in [7, 11) is -4.24. The lowest BCUT2D eigenvalue weighted by Gasteiger charge is -2.28. The second kappa shape index (κ2) is 8.38. The molecular weight excluding hydrogens is 452 g/mol. The summed E-state index contributed by atoms with van der Waals surface area (Å²) in [5, 5.41) is 21.3. The summed E-state index contributed by atoms with van der Waals surface area (Å²) in [6.45, 7) is 1.23. The maximum atomic E-state index is 13.4. The second-order valence-electron chi connectivity index (χ2n) is 7.38. The van der Waals surface area contributed by atoms with Crippen LogP contribution in [0.4, 0.5) is 5.69 Å². The Morgan fingerprint density at radius 3 is 2.38 bits per heavy atom. The molecular formula is C22H20N2O6S2. The van der Waals surface area contributed by atoms with Gasteiger partial charge in [-0.15, -0.1) is 11.3 Å². The Morgan fingerprint density at radius 2 is 1.75 bits per heavy atom. The molecule has 1 aromatic heterocycles. The predicted octanol–water partition coefficient (Wildman–Crippen LogP) is 3.07. The van der Waals surface area contributed by atoms with Crippen molar-refractivity contribution in [2.75, 3.05) is 11.4 Å². The van der Waals surface area contributed by atoms with E-state index >= 15 is 0 Å². The highest BCUT2D eigenvalue weighted by Crippen LogP contribution is 2.33. The number of phenolic OH excluding ortho intramolecular Hbond substituents is 1. The summed E-state index contributed by atoms with van der Waals surface area (Å²) < 4.78 is 27.7. The first-order valence-corrected chi connectivity index (χ1v) is 12.0. The zero-order valence-corrected chi connectivity index (χ0v) is 18.6. The minimum atomic E-state index is -4.24. The number of nitrogens with zero attached hydrogens (tertiary/aromatic N) is 2. The van der Waals surface area contributed by atoms with Gasteiger partial charge in [0.05, 0.1) is 16.3 Å². The van der Waals surface area contributed by atoms with Gasteiger partial charge in [0, 0.05) is 12.2 Å². The maximum Gasteiger partial charge on any atom is 0.323 e. The molecule has 2 heterocycles. The number of aliphatic carboxylic acids is 1. The third-order valence-corrected chi connectivity index (χ3v) is 8.21.